The molecule has 0 spiro atoms. The summed E-state index contributed by atoms with van der Waals surface area (Å²) in [5, 5.41) is 2.89. The first-order valence-electron chi connectivity index (χ1n) is 8.80. The molecular formula is C21H26N2O2. The molecule has 0 saturated heterocycles. The number of amides is 2. The van der Waals surface area contributed by atoms with Gasteiger partial charge in [-0.3, -0.25) is 9.59 Å². The Hall–Kier alpha value is -2.62. The van der Waals surface area contributed by atoms with Crippen LogP contribution in [0, 0.1) is 0 Å². The average molecular weight is 338 g/mol. The first-order valence-corrected chi connectivity index (χ1v) is 8.80. The Labute approximate surface area is 149 Å². The number of anilines is 2. The Kier molecular flexibility index (Phi) is 6.75. The van der Waals surface area contributed by atoms with Gasteiger partial charge in [-0.15, -0.1) is 0 Å². The van der Waals surface area contributed by atoms with Gasteiger partial charge >= 0.3 is 0 Å². The van der Waals surface area contributed by atoms with Crippen LogP contribution in [0.4, 0.5) is 11.4 Å². The smallest absolute Gasteiger partial charge is 0.226 e. The molecule has 0 aliphatic heterocycles. The molecule has 0 atom stereocenters. The standard InChI is InChI=1S/C21H26N2O2/c1-4-17-10-12-19(13-11-17)22-21(25)14-15-23(16(3)24)20-9-7-6-8-18(20)5-2/h6-13H,4-5,14-15H2,1-3H3,(H,22,25). The van der Waals surface area contributed by atoms with E-state index in [9.17, 15) is 9.59 Å². The quantitative estimate of drug-likeness (QED) is 0.823. The third-order valence-electron chi connectivity index (χ3n) is 4.25. The lowest BCUT2D eigenvalue weighted by molar-refractivity contribution is -0.117. The minimum absolute atomic E-state index is 0.0546. The Morgan fingerprint density at radius 3 is 2.24 bits per heavy atom. The number of rotatable bonds is 7. The van der Waals surface area contributed by atoms with Crippen molar-refractivity contribution in [2.45, 2.75) is 40.0 Å². The Balaban J connectivity index is 2.00. The number of nitrogens with zero attached hydrogens (tertiary/aromatic N) is 1. The van der Waals surface area contributed by atoms with Crippen LogP contribution in [0.5, 0.6) is 0 Å². The highest BCUT2D eigenvalue weighted by Crippen LogP contribution is 2.21. The highest BCUT2D eigenvalue weighted by molar-refractivity contribution is 5.95. The number of hydrogen-bond acceptors (Lipinski definition) is 2. The van der Waals surface area contributed by atoms with E-state index in [0.29, 0.717) is 6.54 Å². The fourth-order valence-corrected chi connectivity index (χ4v) is 2.78. The molecule has 1 N–H and O–H groups in total. The van der Waals surface area contributed by atoms with Crippen molar-refractivity contribution in [1.29, 1.82) is 0 Å². The van der Waals surface area contributed by atoms with E-state index in [2.05, 4.69) is 19.2 Å². The highest BCUT2D eigenvalue weighted by Gasteiger charge is 2.16. The molecule has 132 valence electrons. The lowest BCUT2D eigenvalue weighted by atomic mass is 10.1. The maximum absolute atomic E-state index is 12.2. The van der Waals surface area contributed by atoms with Crippen LogP contribution in [-0.4, -0.2) is 18.4 Å². The molecule has 0 aromatic heterocycles. The molecule has 0 unspecified atom stereocenters. The number of carbonyl (C=O) groups excluding carboxylic acids is 2. The summed E-state index contributed by atoms with van der Waals surface area (Å²) < 4.78 is 0. The summed E-state index contributed by atoms with van der Waals surface area (Å²) in [6, 6.07) is 15.7. The number of benzene rings is 2. The molecule has 4 heteroatoms. The van der Waals surface area contributed by atoms with Gasteiger partial charge in [0.05, 0.1) is 0 Å². The van der Waals surface area contributed by atoms with Gasteiger partial charge in [-0.25, -0.2) is 0 Å². The van der Waals surface area contributed by atoms with E-state index in [-0.39, 0.29) is 18.2 Å². The predicted molar refractivity (Wildman–Crippen MR) is 103 cm³/mol. The van der Waals surface area contributed by atoms with Crippen LogP contribution in [0.25, 0.3) is 0 Å². The second-order valence-electron chi connectivity index (χ2n) is 6.00. The van der Waals surface area contributed by atoms with Crippen LogP contribution in [-0.2, 0) is 22.4 Å². The molecule has 2 aromatic carbocycles. The van der Waals surface area contributed by atoms with E-state index in [4.69, 9.17) is 0 Å². The maximum Gasteiger partial charge on any atom is 0.226 e. The van der Waals surface area contributed by atoms with Crippen LogP contribution >= 0.6 is 0 Å². The fourth-order valence-electron chi connectivity index (χ4n) is 2.78. The zero-order valence-electron chi connectivity index (χ0n) is 15.2. The summed E-state index contributed by atoms with van der Waals surface area (Å²) in [5.74, 6) is -0.148. The van der Waals surface area contributed by atoms with Gasteiger partial charge in [0.25, 0.3) is 0 Å². The Morgan fingerprint density at radius 1 is 0.960 bits per heavy atom. The van der Waals surface area contributed by atoms with Gasteiger partial charge < -0.3 is 10.2 Å². The van der Waals surface area contributed by atoms with E-state index < -0.39 is 0 Å². The van der Waals surface area contributed by atoms with Crippen molar-refractivity contribution < 1.29 is 9.59 Å². The predicted octanol–water partition coefficient (Wildman–Crippen LogP) is 4.19. The molecule has 25 heavy (non-hydrogen) atoms. The lowest BCUT2D eigenvalue weighted by Crippen LogP contribution is -2.32. The first kappa shape index (κ1) is 18.7. The molecule has 0 aliphatic carbocycles. The van der Waals surface area contributed by atoms with Gasteiger partial charge in [0.15, 0.2) is 0 Å². The van der Waals surface area contributed by atoms with Crippen LogP contribution in [0.1, 0.15) is 38.3 Å². The van der Waals surface area contributed by atoms with Crippen molar-refractivity contribution in [3.8, 4) is 0 Å². The van der Waals surface area contributed by atoms with Crippen LogP contribution in [0.3, 0.4) is 0 Å². The van der Waals surface area contributed by atoms with E-state index in [1.54, 1.807) is 4.90 Å². The zero-order chi connectivity index (χ0) is 18.2. The summed E-state index contributed by atoms with van der Waals surface area (Å²) in [4.78, 5) is 26.0. The summed E-state index contributed by atoms with van der Waals surface area (Å²) in [5.41, 5.74) is 4.01. The monoisotopic (exact) mass is 338 g/mol. The van der Waals surface area contributed by atoms with E-state index in [1.165, 1.54) is 12.5 Å². The molecule has 0 aliphatic rings. The van der Waals surface area contributed by atoms with Crippen molar-refractivity contribution in [3.63, 3.8) is 0 Å². The molecule has 0 fully saturated rings. The average Bonchev–Trinajstić information content (AvgIpc) is 2.62. The molecule has 0 heterocycles. The lowest BCUT2D eigenvalue weighted by Gasteiger charge is -2.23. The van der Waals surface area contributed by atoms with Crippen molar-refractivity contribution in [2.75, 3.05) is 16.8 Å². The topological polar surface area (TPSA) is 49.4 Å². The zero-order valence-corrected chi connectivity index (χ0v) is 15.2. The van der Waals surface area contributed by atoms with Crippen LogP contribution in [0.2, 0.25) is 0 Å². The van der Waals surface area contributed by atoms with Crippen molar-refractivity contribution in [2.24, 2.45) is 0 Å². The Bertz CT molecular complexity index is 723. The minimum Gasteiger partial charge on any atom is -0.326 e. The molecule has 0 saturated carbocycles. The van der Waals surface area contributed by atoms with E-state index >= 15 is 0 Å². The van der Waals surface area contributed by atoms with Crippen LogP contribution in [0.15, 0.2) is 48.5 Å². The third-order valence-corrected chi connectivity index (χ3v) is 4.25. The molecule has 4 nitrogen and oxygen atoms in total. The van der Waals surface area contributed by atoms with Crippen molar-refractivity contribution in [1.82, 2.24) is 0 Å². The minimum atomic E-state index is -0.0931. The summed E-state index contributed by atoms with van der Waals surface area (Å²) in [6.07, 6.45) is 2.07. The number of hydrogen-bond donors (Lipinski definition) is 1. The second-order valence-corrected chi connectivity index (χ2v) is 6.00. The molecular weight excluding hydrogens is 312 g/mol. The van der Waals surface area contributed by atoms with Crippen LogP contribution < -0.4 is 10.2 Å². The fraction of sp³-hybridized carbons (Fsp3) is 0.333. The number of para-hydroxylation sites is 1. The molecule has 2 rings (SSSR count). The molecule has 2 aromatic rings. The molecule has 2 amide bonds. The summed E-state index contributed by atoms with van der Waals surface area (Å²) >= 11 is 0. The maximum atomic E-state index is 12.2. The third kappa shape index (κ3) is 5.18. The molecule has 0 bridgehead atoms. The van der Waals surface area contributed by atoms with Gasteiger partial charge in [-0.1, -0.05) is 44.2 Å². The van der Waals surface area contributed by atoms with Gasteiger partial charge in [0, 0.05) is 31.3 Å². The summed E-state index contributed by atoms with van der Waals surface area (Å²) in [6.45, 7) is 6.06. The van der Waals surface area contributed by atoms with E-state index in [1.807, 2.05) is 48.5 Å². The van der Waals surface area contributed by atoms with Crippen molar-refractivity contribution >= 4 is 23.2 Å². The van der Waals surface area contributed by atoms with Gasteiger partial charge in [0.2, 0.25) is 11.8 Å². The first-order chi connectivity index (χ1) is 12.0. The number of aryl methyl sites for hydroxylation is 2. The largest absolute Gasteiger partial charge is 0.326 e. The van der Waals surface area contributed by atoms with Crippen molar-refractivity contribution in [3.05, 3.63) is 59.7 Å². The normalized spacial score (nSPS) is 10.4. The number of nitrogens with one attached hydrogen (secondary N) is 1. The van der Waals surface area contributed by atoms with Gasteiger partial charge in [-0.2, -0.15) is 0 Å². The Morgan fingerprint density at radius 2 is 1.64 bits per heavy atom. The second kappa shape index (κ2) is 9.02. The SMILES string of the molecule is CCc1ccc(NC(=O)CCN(C(C)=O)c2ccccc2CC)cc1. The summed E-state index contributed by atoms with van der Waals surface area (Å²) in [7, 11) is 0. The van der Waals surface area contributed by atoms with Gasteiger partial charge in [0.1, 0.15) is 0 Å². The highest BCUT2D eigenvalue weighted by atomic mass is 16.2. The van der Waals surface area contributed by atoms with E-state index in [0.717, 1.165) is 29.8 Å². The number of carbonyl (C=O) groups is 2. The van der Waals surface area contributed by atoms with Gasteiger partial charge in [-0.05, 0) is 42.2 Å². The molecule has 0 radical (unpaired) electrons.